The fraction of sp³-hybridized carbons (Fsp3) is 0.500. The summed E-state index contributed by atoms with van der Waals surface area (Å²) in [5.74, 6) is 1.76. The van der Waals surface area contributed by atoms with Gasteiger partial charge in [0.1, 0.15) is 0 Å². The fourth-order valence-electron chi connectivity index (χ4n) is 3.39. The highest BCUT2D eigenvalue weighted by Crippen LogP contribution is 2.43. The number of benzene rings is 1. The third-order valence-corrected chi connectivity index (χ3v) is 4.57. The molecule has 2 fully saturated rings. The molecule has 1 aliphatic heterocycles. The third kappa shape index (κ3) is 1.65. The molecule has 1 aromatic carbocycles. The zero-order chi connectivity index (χ0) is 11.4. The van der Waals surface area contributed by atoms with Gasteiger partial charge < -0.3 is 10.6 Å². The van der Waals surface area contributed by atoms with Crippen molar-refractivity contribution in [3.8, 4) is 0 Å². The molecule has 96 valence electrons. The Balaban J connectivity index is 0.000001000. The van der Waals surface area contributed by atoms with E-state index in [1.807, 2.05) is 12.1 Å². The Morgan fingerprint density at radius 1 is 1.22 bits per heavy atom. The first-order valence-corrected chi connectivity index (χ1v) is 6.43. The minimum absolute atomic E-state index is 0. The van der Waals surface area contributed by atoms with Crippen LogP contribution in [0.3, 0.4) is 0 Å². The molecule has 1 heterocycles. The van der Waals surface area contributed by atoms with E-state index >= 15 is 0 Å². The highest BCUT2D eigenvalue weighted by molar-refractivity contribution is 5.87. The number of hydrogen-bond acceptors (Lipinski definition) is 2. The molecular formula is C14H17ClN2O. The minimum Gasteiger partial charge on any atom is -0.352 e. The van der Waals surface area contributed by atoms with Crippen LogP contribution in [0.2, 0.25) is 0 Å². The van der Waals surface area contributed by atoms with Gasteiger partial charge in [0.2, 0.25) is 5.91 Å². The molecular weight excluding hydrogens is 248 g/mol. The molecule has 0 bridgehead atoms. The van der Waals surface area contributed by atoms with E-state index in [0.717, 1.165) is 19.5 Å². The van der Waals surface area contributed by atoms with Gasteiger partial charge in [0.25, 0.3) is 0 Å². The summed E-state index contributed by atoms with van der Waals surface area (Å²) in [5, 5.41) is 6.57. The van der Waals surface area contributed by atoms with E-state index in [0.29, 0.717) is 17.9 Å². The second kappa shape index (κ2) is 4.25. The molecule has 1 saturated heterocycles. The summed E-state index contributed by atoms with van der Waals surface area (Å²) < 4.78 is 0. The Labute approximate surface area is 113 Å². The van der Waals surface area contributed by atoms with Crippen LogP contribution in [0.15, 0.2) is 24.3 Å². The molecule has 2 N–H and O–H groups in total. The molecule has 4 heteroatoms. The quantitative estimate of drug-likeness (QED) is 0.839. The average molecular weight is 265 g/mol. The average Bonchev–Trinajstić information content (AvgIpc) is 2.75. The van der Waals surface area contributed by atoms with Crippen molar-refractivity contribution >= 4 is 18.3 Å². The van der Waals surface area contributed by atoms with E-state index in [1.165, 1.54) is 11.1 Å². The second-order valence-corrected chi connectivity index (χ2v) is 5.48. The van der Waals surface area contributed by atoms with Gasteiger partial charge in [-0.3, -0.25) is 4.79 Å². The smallest absolute Gasteiger partial charge is 0.228 e. The van der Waals surface area contributed by atoms with Gasteiger partial charge >= 0.3 is 0 Å². The Kier molecular flexibility index (Phi) is 2.83. The Morgan fingerprint density at radius 3 is 2.67 bits per heavy atom. The van der Waals surface area contributed by atoms with Crippen molar-refractivity contribution in [1.29, 1.82) is 0 Å². The molecule has 1 amide bonds. The number of hydrogen-bond donors (Lipinski definition) is 2. The van der Waals surface area contributed by atoms with Gasteiger partial charge in [0, 0.05) is 19.1 Å². The summed E-state index contributed by atoms with van der Waals surface area (Å²) in [6.07, 6.45) is 0.919. The van der Waals surface area contributed by atoms with Crippen LogP contribution in [-0.4, -0.2) is 25.0 Å². The molecule has 3 nitrogen and oxygen atoms in total. The van der Waals surface area contributed by atoms with Gasteiger partial charge in [-0.25, -0.2) is 0 Å². The number of carbonyl (C=O) groups excluding carboxylic acids is 1. The predicted molar refractivity (Wildman–Crippen MR) is 71.9 cm³/mol. The number of carbonyl (C=O) groups is 1. The fourth-order valence-corrected chi connectivity index (χ4v) is 3.39. The molecule has 3 atom stereocenters. The van der Waals surface area contributed by atoms with Crippen LogP contribution in [0.1, 0.15) is 17.0 Å². The van der Waals surface area contributed by atoms with E-state index in [9.17, 15) is 4.79 Å². The minimum atomic E-state index is 0. The standard InChI is InChI=1S/C14H16N2O.ClH/c17-14(16-13-11-6-15-7-12(11)13)10-5-8-3-1-2-4-9(8)10;/h1-4,10-13,15H,5-7H2,(H,16,17);1H. The van der Waals surface area contributed by atoms with Crippen molar-refractivity contribution in [3.05, 3.63) is 35.4 Å². The van der Waals surface area contributed by atoms with Crippen LogP contribution in [0.25, 0.3) is 0 Å². The maximum absolute atomic E-state index is 12.1. The Morgan fingerprint density at radius 2 is 1.94 bits per heavy atom. The number of piperidine rings is 1. The highest BCUT2D eigenvalue weighted by Gasteiger charge is 2.54. The van der Waals surface area contributed by atoms with Crippen molar-refractivity contribution in [2.24, 2.45) is 11.8 Å². The van der Waals surface area contributed by atoms with Crippen molar-refractivity contribution in [2.45, 2.75) is 18.4 Å². The second-order valence-electron chi connectivity index (χ2n) is 5.48. The monoisotopic (exact) mass is 264 g/mol. The van der Waals surface area contributed by atoms with E-state index in [4.69, 9.17) is 0 Å². The first-order valence-electron chi connectivity index (χ1n) is 6.43. The molecule has 1 aromatic rings. The van der Waals surface area contributed by atoms with Crippen molar-refractivity contribution in [2.75, 3.05) is 13.1 Å². The zero-order valence-corrected chi connectivity index (χ0v) is 10.9. The molecule has 0 spiro atoms. The van der Waals surface area contributed by atoms with E-state index < -0.39 is 0 Å². The molecule has 2 aliphatic carbocycles. The summed E-state index contributed by atoms with van der Waals surface area (Å²) in [4.78, 5) is 12.1. The molecule has 0 aromatic heterocycles. The maximum Gasteiger partial charge on any atom is 0.228 e. The van der Waals surface area contributed by atoms with Crippen molar-refractivity contribution < 1.29 is 4.79 Å². The Hall–Kier alpha value is -1.06. The Bertz CT molecular complexity index is 480. The molecule has 18 heavy (non-hydrogen) atoms. The van der Waals surface area contributed by atoms with Crippen LogP contribution in [0.4, 0.5) is 0 Å². The van der Waals surface area contributed by atoms with Crippen LogP contribution in [0.5, 0.6) is 0 Å². The summed E-state index contributed by atoms with van der Waals surface area (Å²) in [7, 11) is 0. The number of halogens is 1. The summed E-state index contributed by atoms with van der Waals surface area (Å²) in [6.45, 7) is 2.16. The van der Waals surface area contributed by atoms with E-state index in [2.05, 4.69) is 22.8 Å². The van der Waals surface area contributed by atoms with Crippen LogP contribution in [-0.2, 0) is 11.2 Å². The lowest BCUT2D eigenvalue weighted by Gasteiger charge is -2.29. The molecule has 3 aliphatic rings. The van der Waals surface area contributed by atoms with E-state index in [1.54, 1.807) is 0 Å². The number of fused-ring (bicyclic) bond motifs is 2. The highest BCUT2D eigenvalue weighted by atomic mass is 35.5. The largest absolute Gasteiger partial charge is 0.352 e. The van der Waals surface area contributed by atoms with Crippen LogP contribution < -0.4 is 10.6 Å². The van der Waals surface area contributed by atoms with Crippen molar-refractivity contribution in [1.82, 2.24) is 10.6 Å². The van der Waals surface area contributed by atoms with Gasteiger partial charge in [0.05, 0.1) is 5.92 Å². The van der Waals surface area contributed by atoms with Gasteiger partial charge in [-0.05, 0) is 29.4 Å². The van der Waals surface area contributed by atoms with Crippen molar-refractivity contribution in [3.63, 3.8) is 0 Å². The predicted octanol–water partition coefficient (Wildman–Crippen LogP) is 1.08. The van der Waals surface area contributed by atoms with Gasteiger partial charge in [-0.2, -0.15) is 0 Å². The van der Waals surface area contributed by atoms with Gasteiger partial charge in [-0.15, -0.1) is 12.4 Å². The molecule has 1 saturated carbocycles. The molecule has 0 radical (unpaired) electrons. The SMILES string of the molecule is Cl.O=C(NC1C2CNCC21)C1Cc2ccccc21. The van der Waals surface area contributed by atoms with Crippen LogP contribution >= 0.6 is 12.4 Å². The molecule has 4 rings (SSSR count). The lowest BCUT2D eigenvalue weighted by Crippen LogP contribution is -2.39. The van der Waals surface area contributed by atoms with Crippen LogP contribution in [0, 0.1) is 11.8 Å². The lowest BCUT2D eigenvalue weighted by molar-refractivity contribution is -0.123. The van der Waals surface area contributed by atoms with Gasteiger partial charge in [-0.1, -0.05) is 24.3 Å². The molecule has 3 unspecified atom stereocenters. The topological polar surface area (TPSA) is 41.1 Å². The number of rotatable bonds is 2. The zero-order valence-electron chi connectivity index (χ0n) is 10.1. The lowest BCUT2D eigenvalue weighted by atomic mass is 9.77. The van der Waals surface area contributed by atoms with Gasteiger partial charge in [0.15, 0.2) is 0 Å². The maximum atomic E-state index is 12.1. The number of amides is 1. The summed E-state index contributed by atoms with van der Waals surface area (Å²) >= 11 is 0. The third-order valence-electron chi connectivity index (χ3n) is 4.57. The number of nitrogens with one attached hydrogen (secondary N) is 2. The summed E-state index contributed by atoms with van der Waals surface area (Å²) in [5.41, 5.74) is 2.57. The van der Waals surface area contributed by atoms with E-state index in [-0.39, 0.29) is 24.2 Å². The summed E-state index contributed by atoms with van der Waals surface area (Å²) in [6, 6.07) is 8.72. The first kappa shape index (κ1) is 12.0. The normalized spacial score (nSPS) is 34.7. The first-order chi connectivity index (χ1) is 8.34.